The molecule has 0 bridgehead atoms. The van der Waals surface area contributed by atoms with E-state index in [1.165, 1.54) is 0 Å². The van der Waals surface area contributed by atoms with Crippen LogP contribution in [0.2, 0.25) is 0 Å². The number of ketones is 2. The SMILES string of the molecule is COCCOc1c(N2CCN(C(=O)OC(C)(C)C)CC2)ccc2c1CN(C1CCC(=O)CC1=O)C2=O. The molecular formula is C26H35N3O7. The first-order valence-electron chi connectivity index (χ1n) is 12.4. The molecule has 4 rings (SSSR count). The van der Waals surface area contributed by atoms with Crippen LogP contribution in [-0.4, -0.2) is 91.5 Å². The van der Waals surface area contributed by atoms with Crippen molar-refractivity contribution >= 4 is 29.3 Å². The average Bonchev–Trinajstić information content (AvgIpc) is 3.15. The van der Waals surface area contributed by atoms with E-state index in [4.69, 9.17) is 14.2 Å². The molecule has 1 aliphatic carbocycles. The average molecular weight is 502 g/mol. The summed E-state index contributed by atoms with van der Waals surface area (Å²) >= 11 is 0. The van der Waals surface area contributed by atoms with Crippen molar-refractivity contribution in [2.75, 3.05) is 51.4 Å². The quantitative estimate of drug-likeness (QED) is 0.432. The van der Waals surface area contributed by atoms with E-state index < -0.39 is 11.6 Å². The van der Waals surface area contributed by atoms with E-state index in [-0.39, 0.29) is 36.5 Å². The van der Waals surface area contributed by atoms with E-state index in [1.54, 1.807) is 23.0 Å². The molecule has 1 aromatic carbocycles. The Bertz CT molecular complexity index is 1040. The highest BCUT2D eigenvalue weighted by Crippen LogP contribution is 2.41. The Labute approximate surface area is 211 Å². The standard InChI is InChI=1S/C26H35N3O7/c1-26(2,3)36-25(33)28-11-9-27(10-12-28)21-8-6-18-19(23(21)35-14-13-34-4)16-29(24(18)32)20-7-5-17(30)15-22(20)31/h6,8,20H,5,7,9-16H2,1-4H3. The first kappa shape index (κ1) is 25.9. The summed E-state index contributed by atoms with van der Waals surface area (Å²) in [6.07, 6.45) is 0.219. The third-order valence-electron chi connectivity index (χ3n) is 6.68. The Morgan fingerprint density at radius 2 is 1.78 bits per heavy atom. The number of nitrogens with zero attached hydrogens (tertiary/aromatic N) is 3. The fourth-order valence-electron chi connectivity index (χ4n) is 4.90. The zero-order valence-corrected chi connectivity index (χ0v) is 21.5. The van der Waals surface area contributed by atoms with Crippen LogP contribution in [0.1, 0.15) is 56.0 Å². The second kappa shape index (κ2) is 10.5. The molecule has 196 valence electrons. The minimum Gasteiger partial charge on any atom is -0.489 e. The Morgan fingerprint density at radius 3 is 2.42 bits per heavy atom. The minimum absolute atomic E-state index is 0.0724. The summed E-state index contributed by atoms with van der Waals surface area (Å²) in [5, 5.41) is 0. The van der Waals surface area contributed by atoms with Gasteiger partial charge in [0.15, 0.2) is 5.78 Å². The van der Waals surface area contributed by atoms with Crippen molar-refractivity contribution in [2.24, 2.45) is 0 Å². The summed E-state index contributed by atoms with van der Waals surface area (Å²) in [4.78, 5) is 55.4. The van der Waals surface area contributed by atoms with Gasteiger partial charge >= 0.3 is 6.09 Å². The summed E-state index contributed by atoms with van der Waals surface area (Å²) in [5.74, 6) is 0.116. The molecule has 0 spiro atoms. The number of Topliss-reactive ketones (excluding diaryl/α,β-unsaturated/α-hetero) is 2. The monoisotopic (exact) mass is 501 g/mol. The van der Waals surface area contributed by atoms with Crippen LogP contribution in [0.15, 0.2) is 12.1 Å². The van der Waals surface area contributed by atoms with Crippen LogP contribution in [-0.2, 0) is 25.6 Å². The largest absolute Gasteiger partial charge is 0.489 e. The Kier molecular flexibility index (Phi) is 7.54. The van der Waals surface area contributed by atoms with Crippen molar-refractivity contribution in [3.63, 3.8) is 0 Å². The van der Waals surface area contributed by atoms with Gasteiger partial charge in [-0.15, -0.1) is 0 Å². The van der Waals surface area contributed by atoms with Gasteiger partial charge in [0.2, 0.25) is 0 Å². The summed E-state index contributed by atoms with van der Waals surface area (Å²) in [6, 6.07) is 3.07. The highest BCUT2D eigenvalue weighted by molar-refractivity contribution is 6.08. The molecule has 3 aliphatic rings. The number of hydrogen-bond donors (Lipinski definition) is 0. The predicted molar refractivity (Wildman–Crippen MR) is 131 cm³/mol. The zero-order chi connectivity index (χ0) is 26.0. The number of piperazine rings is 1. The molecule has 1 saturated heterocycles. The van der Waals surface area contributed by atoms with E-state index in [0.29, 0.717) is 63.5 Å². The van der Waals surface area contributed by atoms with Gasteiger partial charge in [-0.1, -0.05) is 0 Å². The minimum atomic E-state index is -0.588. The van der Waals surface area contributed by atoms with Crippen LogP contribution < -0.4 is 9.64 Å². The van der Waals surface area contributed by atoms with Gasteiger partial charge in [0, 0.05) is 50.8 Å². The lowest BCUT2D eigenvalue weighted by atomic mass is 9.92. The van der Waals surface area contributed by atoms with Gasteiger partial charge in [0.05, 0.1) is 31.3 Å². The molecule has 1 atom stereocenters. The molecule has 10 heteroatoms. The van der Waals surface area contributed by atoms with Gasteiger partial charge in [-0.3, -0.25) is 14.4 Å². The molecule has 2 fully saturated rings. The maximum atomic E-state index is 13.3. The molecule has 1 saturated carbocycles. The fourth-order valence-corrected chi connectivity index (χ4v) is 4.90. The van der Waals surface area contributed by atoms with Crippen LogP contribution >= 0.6 is 0 Å². The van der Waals surface area contributed by atoms with E-state index in [9.17, 15) is 19.2 Å². The van der Waals surface area contributed by atoms with E-state index in [1.807, 2.05) is 26.8 Å². The van der Waals surface area contributed by atoms with E-state index in [2.05, 4.69) is 4.90 Å². The maximum Gasteiger partial charge on any atom is 0.410 e. The lowest BCUT2D eigenvalue weighted by Gasteiger charge is -2.37. The van der Waals surface area contributed by atoms with Crippen LogP contribution in [0, 0.1) is 0 Å². The Morgan fingerprint density at radius 1 is 1.06 bits per heavy atom. The number of amides is 2. The highest BCUT2D eigenvalue weighted by atomic mass is 16.6. The lowest BCUT2D eigenvalue weighted by Crippen LogP contribution is -2.50. The number of anilines is 1. The molecule has 0 aromatic heterocycles. The second-order valence-corrected chi connectivity index (χ2v) is 10.4. The molecule has 0 N–H and O–H groups in total. The van der Waals surface area contributed by atoms with Gasteiger partial charge < -0.3 is 28.9 Å². The third kappa shape index (κ3) is 5.48. The van der Waals surface area contributed by atoms with Gasteiger partial charge in [0.1, 0.15) is 23.7 Å². The van der Waals surface area contributed by atoms with Crippen LogP contribution in [0.25, 0.3) is 0 Å². The Balaban J connectivity index is 1.55. The molecule has 2 aliphatic heterocycles. The summed E-state index contributed by atoms with van der Waals surface area (Å²) in [7, 11) is 1.59. The van der Waals surface area contributed by atoms with Gasteiger partial charge in [-0.25, -0.2) is 4.79 Å². The number of methoxy groups -OCH3 is 1. The summed E-state index contributed by atoms with van der Waals surface area (Å²) in [6.45, 7) is 8.65. The van der Waals surface area contributed by atoms with Crippen molar-refractivity contribution in [2.45, 2.75) is 58.2 Å². The smallest absolute Gasteiger partial charge is 0.410 e. The molecule has 1 aromatic rings. The molecule has 10 nitrogen and oxygen atoms in total. The summed E-state index contributed by atoms with van der Waals surface area (Å²) in [5.41, 5.74) is 1.55. The molecule has 2 amide bonds. The number of fused-ring (bicyclic) bond motifs is 1. The number of ether oxygens (including phenoxy) is 3. The molecule has 1 unspecified atom stereocenters. The van der Waals surface area contributed by atoms with Gasteiger partial charge in [-0.2, -0.15) is 0 Å². The van der Waals surface area contributed by atoms with Gasteiger partial charge in [0.25, 0.3) is 5.91 Å². The van der Waals surface area contributed by atoms with Crippen LogP contribution in [0.5, 0.6) is 5.75 Å². The first-order valence-corrected chi connectivity index (χ1v) is 12.4. The van der Waals surface area contributed by atoms with Gasteiger partial charge in [-0.05, 0) is 39.3 Å². The number of carbonyl (C=O) groups excluding carboxylic acids is 4. The van der Waals surface area contributed by atoms with E-state index in [0.717, 1.165) is 11.3 Å². The second-order valence-electron chi connectivity index (χ2n) is 10.4. The lowest BCUT2D eigenvalue weighted by molar-refractivity contribution is -0.133. The molecule has 0 radical (unpaired) electrons. The summed E-state index contributed by atoms with van der Waals surface area (Å²) < 4.78 is 16.8. The van der Waals surface area contributed by atoms with Crippen LogP contribution in [0.3, 0.4) is 0 Å². The number of benzene rings is 1. The van der Waals surface area contributed by atoms with Crippen molar-refractivity contribution < 1.29 is 33.4 Å². The predicted octanol–water partition coefficient (Wildman–Crippen LogP) is 2.42. The molecule has 2 heterocycles. The Hall–Kier alpha value is -3.14. The normalized spacial score (nSPS) is 20.6. The maximum absolute atomic E-state index is 13.3. The number of carbonyl (C=O) groups is 4. The molecule has 36 heavy (non-hydrogen) atoms. The van der Waals surface area contributed by atoms with Crippen molar-refractivity contribution in [1.29, 1.82) is 0 Å². The zero-order valence-electron chi connectivity index (χ0n) is 21.5. The first-order chi connectivity index (χ1) is 17.1. The van der Waals surface area contributed by atoms with Crippen LogP contribution in [0.4, 0.5) is 10.5 Å². The number of hydrogen-bond acceptors (Lipinski definition) is 8. The molecular weight excluding hydrogens is 466 g/mol. The number of rotatable bonds is 6. The van der Waals surface area contributed by atoms with Crippen molar-refractivity contribution in [3.05, 3.63) is 23.3 Å². The van der Waals surface area contributed by atoms with Crippen molar-refractivity contribution in [3.8, 4) is 5.75 Å². The van der Waals surface area contributed by atoms with E-state index >= 15 is 0 Å². The third-order valence-corrected chi connectivity index (χ3v) is 6.68. The van der Waals surface area contributed by atoms with Crippen molar-refractivity contribution in [1.82, 2.24) is 9.80 Å². The highest BCUT2D eigenvalue weighted by Gasteiger charge is 2.41. The topological polar surface area (TPSA) is 106 Å². The fraction of sp³-hybridized carbons (Fsp3) is 0.615.